The predicted octanol–water partition coefficient (Wildman–Crippen LogP) is 3.51. The molecule has 2 heterocycles. The number of rotatable bonds is 6. The highest BCUT2D eigenvalue weighted by Gasteiger charge is 2.42. The molecule has 1 aliphatic heterocycles. The van der Waals surface area contributed by atoms with Crippen LogP contribution in [0.2, 0.25) is 0 Å². The van der Waals surface area contributed by atoms with Gasteiger partial charge in [-0.3, -0.25) is 14.1 Å². The van der Waals surface area contributed by atoms with Crippen molar-refractivity contribution in [2.24, 2.45) is 0 Å². The number of morpholine rings is 1. The van der Waals surface area contributed by atoms with Gasteiger partial charge in [-0.1, -0.05) is 5.16 Å². The van der Waals surface area contributed by atoms with E-state index < -0.39 is 59.7 Å². The second kappa shape index (κ2) is 10.5. The van der Waals surface area contributed by atoms with Gasteiger partial charge in [0, 0.05) is 23.5 Å². The van der Waals surface area contributed by atoms with E-state index in [2.05, 4.69) is 15.5 Å². The molecule has 2 amide bonds. The Labute approximate surface area is 215 Å². The van der Waals surface area contributed by atoms with Gasteiger partial charge in [0.2, 0.25) is 5.82 Å². The Morgan fingerprint density at radius 2 is 1.72 bits per heavy atom. The molecule has 0 aliphatic carbocycles. The number of methoxy groups -OCH3 is 1. The van der Waals surface area contributed by atoms with Crippen LogP contribution in [-0.4, -0.2) is 59.5 Å². The van der Waals surface area contributed by atoms with Crippen LogP contribution in [-0.2, 0) is 26.7 Å². The molecule has 0 bridgehead atoms. The Morgan fingerprint density at radius 3 is 2.26 bits per heavy atom. The maximum Gasteiger partial charge on any atom is 0.417 e. The van der Waals surface area contributed by atoms with Gasteiger partial charge in [0.1, 0.15) is 0 Å². The van der Waals surface area contributed by atoms with Crippen molar-refractivity contribution >= 4 is 23.2 Å². The van der Waals surface area contributed by atoms with Crippen LogP contribution in [0.3, 0.4) is 0 Å². The monoisotopic (exact) mass is 560 g/mol. The van der Waals surface area contributed by atoms with E-state index in [4.69, 9.17) is 14.0 Å². The molecule has 0 saturated carbocycles. The van der Waals surface area contributed by atoms with Crippen LogP contribution in [0.1, 0.15) is 11.1 Å². The standard InChI is InChI=1S/C23H18F6N4O6/c1-37-21-31-18(32-39-21)11-2-4-14(5-3-11)30-19(35)16(34)17-20(36)33(6-7-38-17)15-9-12(22(24,25)26)8-13(10-15)23(27,28)29/h2-5,8-10,16-17,34H,6-7H2,1H3,(H,30,35)/t16-,17-/m1/s1. The summed E-state index contributed by atoms with van der Waals surface area (Å²) >= 11 is 0. The van der Waals surface area contributed by atoms with Crippen molar-refractivity contribution in [3.05, 3.63) is 53.6 Å². The molecule has 0 unspecified atom stereocenters. The maximum atomic E-state index is 13.3. The number of nitrogens with one attached hydrogen (secondary N) is 1. The van der Waals surface area contributed by atoms with Gasteiger partial charge >= 0.3 is 18.4 Å². The number of hydrogen-bond acceptors (Lipinski definition) is 8. The van der Waals surface area contributed by atoms with E-state index in [-0.39, 0.29) is 30.3 Å². The minimum Gasteiger partial charge on any atom is -0.452 e. The fraction of sp³-hybridized carbons (Fsp3) is 0.304. The van der Waals surface area contributed by atoms with Crippen molar-refractivity contribution in [1.29, 1.82) is 0 Å². The van der Waals surface area contributed by atoms with Crippen molar-refractivity contribution < 1.29 is 55.0 Å². The number of nitrogens with zero attached hydrogens (tertiary/aromatic N) is 3. The third-order valence-corrected chi connectivity index (χ3v) is 5.55. The summed E-state index contributed by atoms with van der Waals surface area (Å²) in [6.45, 7) is -0.786. The predicted molar refractivity (Wildman–Crippen MR) is 119 cm³/mol. The number of alkyl halides is 6. The Balaban J connectivity index is 1.50. The third-order valence-electron chi connectivity index (χ3n) is 5.55. The Morgan fingerprint density at radius 1 is 1.10 bits per heavy atom. The summed E-state index contributed by atoms with van der Waals surface area (Å²) in [5, 5.41) is 16.5. The fourth-order valence-electron chi connectivity index (χ4n) is 3.65. The molecule has 39 heavy (non-hydrogen) atoms. The second-order valence-corrected chi connectivity index (χ2v) is 8.14. The third kappa shape index (κ3) is 6.12. The molecule has 0 radical (unpaired) electrons. The van der Waals surface area contributed by atoms with Gasteiger partial charge in [0.15, 0.2) is 12.2 Å². The number of hydrogen-bond donors (Lipinski definition) is 2. The molecule has 1 aliphatic rings. The first-order valence-corrected chi connectivity index (χ1v) is 11.0. The lowest BCUT2D eigenvalue weighted by Gasteiger charge is -2.34. The van der Waals surface area contributed by atoms with E-state index in [1.807, 2.05) is 0 Å². The first-order valence-electron chi connectivity index (χ1n) is 11.0. The van der Waals surface area contributed by atoms with Crippen molar-refractivity contribution in [3.63, 3.8) is 0 Å². The minimum absolute atomic E-state index is 0.0727. The average molecular weight is 560 g/mol. The highest BCUT2D eigenvalue weighted by Crippen LogP contribution is 2.39. The molecule has 1 aromatic heterocycles. The number of aliphatic hydroxyl groups excluding tert-OH is 1. The number of carbonyl (C=O) groups excluding carboxylic acids is 2. The lowest BCUT2D eigenvalue weighted by molar-refractivity contribution is -0.150. The van der Waals surface area contributed by atoms with Crippen LogP contribution in [0.15, 0.2) is 47.0 Å². The highest BCUT2D eigenvalue weighted by atomic mass is 19.4. The van der Waals surface area contributed by atoms with Crippen molar-refractivity contribution in [2.45, 2.75) is 24.6 Å². The number of anilines is 2. The summed E-state index contributed by atoms with van der Waals surface area (Å²) in [4.78, 5) is 30.1. The zero-order chi connectivity index (χ0) is 28.5. The van der Waals surface area contributed by atoms with Crippen LogP contribution in [0.25, 0.3) is 11.4 Å². The summed E-state index contributed by atoms with van der Waals surface area (Å²) < 4.78 is 94.3. The Kier molecular flexibility index (Phi) is 7.52. The molecule has 2 aromatic carbocycles. The summed E-state index contributed by atoms with van der Waals surface area (Å²) in [6, 6.07) is 6.52. The van der Waals surface area contributed by atoms with Gasteiger partial charge in [-0.2, -0.15) is 31.3 Å². The van der Waals surface area contributed by atoms with Crippen molar-refractivity contribution in [3.8, 4) is 17.5 Å². The van der Waals surface area contributed by atoms with Gasteiger partial charge in [-0.05, 0) is 42.5 Å². The lowest BCUT2D eigenvalue weighted by atomic mass is 10.1. The molecule has 3 aromatic rings. The smallest absolute Gasteiger partial charge is 0.417 e. The van der Waals surface area contributed by atoms with E-state index in [9.17, 15) is 41.0 Å². The van der Waals surface area contributed by atoms with Gasteiger partial charge in [-0.25, -0.2) is 0 Å². The topological polar surface area (TPSA) is 127 Å². The highest BCUT2D eigenvalue weighted by molar-refractivity contribution is 6.04. The number of carbonyl (C=O) groups is 2. The first-order chi connectivity index (χ1) is 18.3. The van der Waals surface area contributed by atoms with Crippen LogP contribution in [0, 0.1) is 0 Å². The van der Waals surface area contributed by atoms with E-state index in [1.165, 1.54) is 31.4 Å². The SMILES string of the molecule is COc1nc(-c2ccc(NC(=O)[C@H](O)[C@H]3OCCN(c4cc(C(F)(F)F)cc(C(F)(F)F)c4)C3=O)cc2)no1. The largest absolute Gasteiger partial charge is 0.452 e. The molecule has 4 rings (SSSR count). The zero-order valence-electron chi connectivity index (χ0n) is 19.7. The first kappa shape index (κ1) is 27.8. The molecule has 2 atom stereocenters. The van der Waals surface area contributed by atoms with Crippen molar-refractivity contribution in [1.82, 2.24) is 10.1 Å². The summed E-state index contributed by atoms with van der Waals surface area (Å²) in [6.07, 6.45) is -14.4. The van der Waals surface area contributed by atoms with Crippen LogP contribution in [0.4, 0.5) is 37.7 Å². The zero-order valence-corrected chi connectivity index (χ0v) is 19.7. The summed E-state index contributed by atoms with van der Waals surface area (Å²) in [7, 11) is 1.33. The molecule has 2 N–H and O–H groups in total. The van der Waals surface area contributed by atoms with Crippen LogP contribution >= 0.6 is 0 Å². The number of halogens is 6. The van der Waals surface area contributed by atoms with E-state index in [0.717, 1.165) is 0 Å². The van der Waals surface area contributed by atoms with Crippen molar-refractivity contribution in [2.75, 3.05) is 30.5 Å². The number of aromatic nitrogens is 2. The summed E-state index contributed by atoms with van der Waals surface area (Å²) in [5.41, 5.74) is -3.29. The van der Waals surface area contributed by atoms with Gasteiger partial charge in [-0.15, -0.1) is 0 Å². The molecule has 1 fully saturated rings. The molecule has 208 valence electrons. The van der Waals surface area contributed by atoms with E-state index in [0.29, 0.717) is 22.6 Å². The Bertz CT molecular complexity index is 1330. The van der Waals surface area contributed by atoms with Gasteiger partial charge in [0.05, 0.1) is 24.8 Å². The van der Waals surface area contributed by atoms with Crippen LogP contribution in [0.5, 0.6) is 6.08 Å². The molecular weight excluding hydrogens is 542 g/mol. The molecule has 0 spiro atoms. The molecule has 10 nitrogen and oxygen atoms in total. The maximum absolute atomic E-state index is 13.3. The number of ether oxygens (including phenoxy) is 2. The number of amides is 2. The quantitative estimate of drug-likeness (QED) is 0.439. The van der Waals surface area contributed by atoms with Gasteiger partial charge < -0.3 is 24.8 Å². The molecular formula is C23H18F6N4O6. The lowest BCUT2D eigenvalue weighted by Crippen LogP contribution is -2.55. The molecule has 1 saturated heterocycles. The van der Waals surface area contributed by atoms with E-state index >= 15 is 0 Å². The number of benzene rings is 2. The van der Waals surface area contributed by atoms with Gasteiger partial charge in [0.25, 0.3) is 11.8 Å². The normalized spacial score (nSPS) is 17.2. The summed E-state index contributed by atoms with van der Waals surface area (Å²) in [5.74, 6) is -2.11. The van der Waals surface area contributed by atoms with E-state index in [1.54, 1.807) is 0 Å². The second-order valence-electron chi connectivity index (χ2n) is 8.14. The average Bonchev–Trinajstić information content (AvgIpc) is 3.37. The fourth-order valence-corrected chi connectivity index (χ4v) is 3.65. The number of aliphatic hydroxyl groups is 1. The van der Waals surface area contributed by atoms with Crippen LogP contribution < -0.4 is 15.0 Å². The molecule has 16 heteroatoms. The minimum atomic E-state index is -5.13. The Hall–Kier alpha value is -4.18.